The summed E-state index contributed by atoms with van der Waals surface area (Å²) in [5.41, 5.74) is 6.39. The molecule has 0 aliphatic carbocycles. The highest BCUT2D eigenvalue weighted by Crippen LogP contribution is 2.17. The van der Waals surface area contributed by atoms with E-state index in [-0.39, 0.29) is 42.2 Å². The van der Waals surface area contributed by atoms with E-state index in [2.05, 4.69) is 5.32 Å². The minimum absolute atomic E-state index is 0. The molecule has 0 aromatic carbocycles. The summed E-state index contributed by atoms with van der Waals surface area (Å²) in [7, 11) is 0. The van der Waals surface area contributed by atoms with E-state index in [4.69, 9.17) is 10.2 Å². The summed E-state index contributed by atoms with van der Waals surface area (Å²) < 4.78 is 5.40. The van der Waals surface area contributed by atoms with Gasteiger partial charge in [0.15, 0.2) is 0 Å². The molecule has 0 saturated carbocycles. The van der Waals surface area contributed by atoms with Gasteiger partial charge in [0.05, 0.1) is 11.5 Å². The molecule has 1 aliphatic heterocycles. The van der Waals surface area contributed by atoms with Gasteiger partial charge < -0.3 is 20.4 Å². The number of carbonyl (C=O) groups is 2. The SMILES string of the molecule is Cc1cc(C(=O)NC2CCN(C(=O)C(C)C(C)N)CC2)c(C)o1.Cl. The molecule has 3 N–H and O–H groups in total. The van der Waals surface area contributed by atoms with Gasteiger partial charge in [-0.25, -0.2) is 0 Å². The Balaban J connectivity index is 0.00000288. The first kappa shape index (κ1) is 20.5. The Kier molecular flexibility index (Phi) is 7.29. The summed E-state index contributed by atoms with van der Waals surface area (Å²) >= 11 is 0. The number of amides is 2. The Morgan fingerprint density at radius 2 is 1.88 bits per heavy atom. The Labute approximate surface area is 149 Å². The van der Waals surface area contributed by atoms with Crippen molar-refractivity contribution in [2.24, 2.45) is 11.7 Å². The van der Waals surface area contributed by atoms with Crippen LogP contribution >= 0.6 is 12.4 Å². The molecule has 1 saturated heterocycles. The summed E-state index contributed by atoms with van der Waals surface area (Å²) in [6.07, 6.45) is 1.53. The van der Waals surface area contributed by atoms with E-state index < -0.39 is 0 Å². The largest absolute Gasteiger partial charge is 0.466 e. The van der Waals surface area contributed by atoms with Crippen molar-refractivity contribution in [3.05, 3.63) is 23.2 Å². The third-order valence-corrected chi connectivity index (χ3v) is 4.61. The molecule has 1 aromatic heterocycles. The molecular formula is C17H28ClN3O3. The van der Waals surface area contributed by atoms with Crippen LogP contribution in [0.1, 0.15) is 48.6 Å². The van der Waals surface area contributed by atoms with Gasteiger partial charge in [-0.15, -0.1) is 12.4 Å². The summed E-state index contributed by atoms with van der Waals surface area (Å²) in [6, 6.07) is 1.70. The zero-order valence-electron chi connectivity index (χ0n) is 14.8. The first-order valence-electron chi connectivity index (χ1n) is 8.22. The van der Waals surface area contributed by atoms with E-state index in [0.717, 1.165) is 18.6 Å². The first-order chi connectivity index (χ1) is 10.8. The molecule has 0 bridgehead atoms. The number of nitrogens with two attached hydrogens (primary N) is 1. The number of halogens is 1. The van der Waals surface area contributed by atoms with E-state index in [9.17, 15) is 9.59 Å². The number of likely N-dealkylation sites (tertiary alicyclic amines) is 1. The molecule has 2 amide bonds. The number of nitrogens with one attached hydrogen (secondary N) is 1. The Morgan fingerprint density at radius 3 is 2.33 bits per heavy atom. The van der Waals surface area contributed by atoms with Crippen molar-refractivity contribution in [2.75, 3.05) is 13.1 Å². The van der Waals surface area contributed by atoms with Gasteiger partial charge in [-0.1, -0.05) is 6.92 Å². The molecule has 0 radical (unpaired) electrons. The van der Waals surface area contributed by atoms with Gasteiger partial charge in [-0.3, -0.25) is 9.59 Å². The van der Waals surface area contributed by atoms with Gasteiger partial charge in [0.2, 0.25) is 5.91 Å². The van der Waals surface area contributed by atoms with E-state index >= 15 is 0 Å². The predicted octanol–water partition coefficient (Wildman–Crippen LogP) is 2.02. The highest BCUT2D eigenvalue weighted by atomic mass is 35.5. The number of hydrogen-bond acceptors (Lipinski definition) is 4. The topological polar surface area (TPSA) is 88.6 Å². The third-order valence-electron chi connectivity index (χ3n) is 4.61. The second kappa shape index (κ2) is 8.53. The smallest absolute Gasteiger partial charge is 0.255 e. The van der Waals surface area contributed by atoms with E-state index in [0.29, 0.717) is 24.4 Å². The first-order valence-corrected chi connectivity index (χ1v) is 8.22. The second-order valence-electron chi connectivity index (χ2n) is 6.55. The number of hydrogen-bond donors (Lipinski definition) is 2. The molecule has 136 valence electrons. The van der Waals surface area contributed by atoms with Crippen molar-refractivity contribution in [1.82, 2.24) is 10.2 Å². The summed E-state index contributed by atoms with van der Waals surface area (Å²) in [4.78, 5) is 26.4. The average Bonchev–Trinajstić information content (AvgIpc) is 2.85. The molecule has 1 fully saturated rings. The molecular weight excluding hydrogens is 330 g/mol. The minimum atomic E-state index is -0.169. The molecule has 7 heteroatoms. The fourth-order valence-corrected chi connectivity index (χ4v) is 2.88. The average molecular weight is 358 g/mol. The van der Waals surface area contributed by atoms with Gasteiger partial charge >= 0.3 is 0 Å². The summed E-state index contributed by atoms with van der Waals surface area (Å²) in [5.74, 6) is 1.20. The molecule has 0 spiro atoms. The second-order valence-corrected chi connectivity index (χ2v) is 6.55. The van der Waals surface area contributed by atoms with Crippen LogP contribution in [0, 0.1) is 19.8 Å². The van der Waals surface area contributed by atoms with E-state index in [1.165, 1.54) is 0 Å². The molecule has 2 heterocycles. The molecule has 2 unspecified atom stereocenters. The molecule has 1 aliphatic rings. The molecule has 24 heavy (non-hydrogen) atoms. The Morgan fingerprint density at radius 1 is 1.29 bits per heavy atom. The molecule has 2 atom stereocenters. The Bertz CT molecular complexity index is 578. The molecule has 6 nitrogen and oxygen atoms in total. The highest BCUT2D eigenvalue weighted by molar-refractivity contribution is 5.95. The minimum Gasteiger partial charge on any atom is -0.466 e. The van der Waals surface area contributed by atoms with Gasteiger partial charge in [-0.05, 0) is 39.7 Å². The monoisotopic (exact) mass is 357 g/mol. The van der Waals surface area contributed by atoms with E-state index in [1.54, 1.807) is 13.0 Å². The normalized spacial score (nSPS) is 17.8. The number of aryl methyl sites for hydroxylation is 2. The summed E-state index contributed by atoms with van der Waals surface area (Å²) in [6.45, 7) is 8.65. The van der Waals surface area contributed by atoms with Crippen LogP contribution in [-0.2, 0) is 4.79 Å². The maximum absolute atomic E-state index is 12.3. The predicted molar refractivity (Wildman–Crippen MR) is 95.3 cm³/mol. The number of carbonyl (C=O) groups excluding carboxylic acids is 2. The van der Waals surface area contributed by atoms with Crippen molar-refractivity contribution in [1.29, 1.82) is 0 Å². The molecule has 2 rings (SSSR count). The zero-order valence-corrected chi connectivity index (χ0v) is 15.6. The standard InChI is InChI=1S/C17H27N3O3.ClH/c1-10-9-15(13(4)23-10)16(21)19-14-5-7-20(8-6-14)17(22)11(2)12(3)18;/h9,11-12,14H,5-8,18H2,1-4H3,(H,19,21);1H. The lowest BCUT2D eigenvalue weighted by Crippen LogP contribution is -2.49. The lowest BCUT2D eigenvalue weighted by molar-refractivity contribution is -0.136. The number of piperidine rings is 1. The maximum Gasteiger partial charge on any atom is 0.255 e. The van der Waals surface area contributed by atoms with Crippen LogP contribution in [0.25, 0.3) is 0 Å². The summed E-state index contributed by atoms with van der Waals surface area (Å²) in [5, 5.41) is 3.04. The van der Waals surface area contributed by atoms with Crippen molar-refractivity contribution < 1.29 is 14.0 Å². The van der Waals surface area contributed by atoms with Crippen LogP contribution in [0.2, 0.25) is 0 Å². The van der Waals surface area contributed by atoms with Gasteiger partial charge in [0.1, 0.15) is 11.5 Å². The lowest BCUT2D eigenvalue weighted by atomic mass is 9.99. The van der Waals surface area contributed by atoms with Gasteiger partial charge in [0, 0.05) is 25.2 Å². The fourth-order valence-electron chi connectivity index (χ4n) is 2.88. The molecule has 1 aromatic rings. The third kappa shape index (κ3) is 4.74. The number of nitrogens with zero attached hydrogens (tertiary/aromatic N) is 1. The lowest BCUT2D eigenvalue weighted by Gasteiger charge is -2.34. The van der Waals surface area contributed by atoms with Crippen molar-refractivity contribution in [3.63, 3.8) is 0 Å². The van der Waals surface area contributed by atoms with Crippen LogP contribution in [0.3, 0.4) is 0 Å². The van der Waals surface area contributed by atoms with Crippen LogP contribution in [0.5, 0.6) is 0 Å². The van der Waals surface area contributed by atoms with Crippen LogP contribution in [0.15, 0.2) is 10.5 Å². The highest BCUT2D eigenvalue weighted by Gasteiger charge is 2.28. The fraction of sp³-hybridized carbons (Fsp3) is 0.647. The van der Waals surface area contributed by atoms with Crippen molar-refractivity contribution in [3.8, 4) is 0 Å². The van der Waals surface area contributed by atoms with Crippen LogP contribution < -0.4 is 11.1 Å². The quantitative estimate of drug-likeness (QED) is 0.862. The van der Waals surface area contributed by atoms with E-state index in [1.807, 2.05) is 25.7 Å². The Hall–Kier alpha value is -1.53. The van der Waals surface area contributed by atoms with Crippen molar-refractivity contribution in [2.45, 2.75) is 52.6 Å². The maximum atomic E-state index is 12.3. The van der Waals surface area contributed by atoms with Crippen molar-refractivity contribution >= 4 is 24.2 Å². The van der Waals surface area contributed by atoms with Gasteiger partial charge in [-0.2, -0.15) is 0 Å². The number of furan rings is 1. The van der Waals surface area contributed by atoms with Crippen LogP contribution in [0.4, 0.5) is 0 Å². The zero-order chi connectivity index (χ0) is 17.1. The van der Waals surface area contributed by atoms with Gasteiger partial charge in [0.25, 0.3) is 5.91 Å². The van der Waals surface area contributed by atoms with Crippen LogP contribution in [-0.4, -0.2) is 41.9 Å². The number of rotatable bonds is 4.